The Morgan fingerprint density at radius 3 is 2.65 bits per heavy atom. The van der Waals surface area contributed by atoms with Gasteiger partial charge in [-0.1, -0.05) is 43.3 Å². The Labute approximate surface area is 180 Å². The molecule has 1 amide bonds. The lowest BCUT2D eigenvalue weighted by atomic mass is 10.1. The molecule has 1 unspecified atom stereocenters. The predicted octanol–water partition coefficient (Wildman–Crippen LogP) is 3.21. The summed E-state index contributed by atoms with van der Waals surface area (Å²) in [6, 6.07) is 15.0. The molecule has 7 nitrogen and oxygen atoms in total. The number of benzene rings is 2. The van der Waals surface area contributed by atoms with Gasteiger partial charge in [0, 0.05) is 24.4 Å². The molecule has 0 bridgehead atoms. The number of aromatic nitrogens is 3. The van der Waals surface area contributed by atoms with Crippen LogP contribution in [-0.2, 0) is 18.3 Å². The predicted molar refractivity (Wildman–Crippen MR) is 122 cm³/mol. The zero-order chi connectivity index (χ0) is 22.0. The van der Waals surface area contributed by atoms with Crippen molar-refractivity contribution in [3.8, 4) is 5.75 Å². The number of hydrogen-bond donors (Lipinski definition) is 1. The third-order valence-electron chi connectivity index (χ3n) is 5.69. The molecule has 4 rings (SSSR count). The van der Waals surface area contributed by atoms with Crippen molar-refractivity contribution in [2.45, 2.75) is 25.8 Å². The molecule has 0 saturated carbocycles. The Morgan fingerprint density at radius 1 is 1.13 bits per heavy atom. The summed E-state index contributed by atoms with van der Waals surface area (Å²) in [4.78, 5) is 26.2. The van der Waals surface area contributed by atoms with Gasteiger partial charge in [0.15, 0.2) is 0 Å². The molecule has 0 spiro atoms. The molecule has 2 aromatic carbocycles. The van der Waals surface area contributed by atoms with E-state index in [9.17, 15) is 9.59 Å². The summed E-state index contributed by atoms with van der Waals surface area (Å²) in [6.07, 6.45) is 2.91. The highest BCUT2D eigenvalue weighted by Crippen LogP contribution is 2.30. The molecule has 0 aliphatic rings. The van der Waals surface area contributed by atoms with Crippen LogP contribution in [0.2, 0.25) is 0 Å². The average Bonchev–Trinajstić information content (AvgIpc) is 3.12. The molecule has 0 fully saturated rings. The van der Waals surface area contributed by atoms with Gasteiger partial charge in [-0.25, -0.2) is 4.68 Å². The van der Waals surface area contributed by atoms with Crippen LogP contribution < -0.4 is 15.6 Å². The van der Waals surface area contributed by atoms with Crippen molar-refractivity contribution in [2.24, 2.45) is 7.05 Å². The van der Waals surface area contributed by atoms with Crippen molar-refractivity contribution in [3.05, 3.63) is 70.6 Å². The summed E-state index contributed by atoms with van der Waals surface area (Å²) in [6.45, 7) is 2.43. The van der Waals surface area contributed by atoms with Crippen LogP contribution in [0.5, 0.6) is 5.75 Å². The number of amides is 1. The first-order valence-corrected chi connectivity index (χ1v) is 10.4. The Hall–Kier alpha value is -3.61. The van der Waals surface area contributed by atoms with E-state index in [0.717, 1.165) is 27.6 Å². The third kappa shape index (κ3) is 3.67. The molecule has 1 N–H and O–H groups in total. The third-order valence-corrected chi connectivity index (χ3v) is 5.69. The van der Waals surface area contributed by atoms with Crippen LogP contribution >= 0.6 is 0 Å². The van der Waals surface area contributed by atoms with E-state index in [1.54, 1.807) is 20.4 Å². The first-order valence-electron chi connectivity index (χ1n) is 10.4. The minimum absolute atomic E-state index is 0.112. The Balaban J connectivity index is 1.67. The van der Waals surface area contributed by atoms with Crippen LogP contribution in [0.3, 0.4) is 0 Å². The van der Waals surface area contributed by atoms with Crippen LogP contribution in [0.25, 0.3) is 21.8 Å². The second-order valence-electron chi connectivity index (χ2n) is 7.50. The second-order valence-corrected chi connectivity index (χ2v) is 7.50. The van der Waals surface area contributed by atoms with Crippen molar-refractivity contribution >= 4 is 27.7 Å². The number of carbonyl (C=O) groups excluding carboxylic acids is 1. The fraction of sp³-hybridized carbons (Fsp3) is 0.292. The van der Waals surface area contributed by atoms with Gasteiger partial charge in [0.2, 0.25) is 5.91 Å². The van der Waals surface area contributed by atoms with Crippen LogP contribution in [-0.4, -0.2) is 33.9 Å². The van der Waals surface area contributed by atoms with Gasteiger partial charge in [-0.05, 0) is 30.5 Å². The average molecular weight is 418 g/mol. The van der Waals surface area contributed by atoms with Gasteiger partial charge in [-0.3, -0.25) is 9.59 Å². The van der Waals surface area contributed by atoms with Gasteiger partial charge in [0.1, 0.15) is 17.3 Å². The van der Waals surface area contributed by atoms with Gasteiger partial charge >= 0.3 is 0 Å². The van der Waals surface area contributed by atoms with Crippen molar-refractivity contribution < 1.29 is 9.53 Å². The van der Waals surface area contributed by atoms with Gasteiger partial charge in [0.05, 0.1) is 18.8 Å². The van der Waals surface area contributed by atoms with E-state index in [2.05, 4.69) is 10.4 Å². The van der Waals surface area contributed by atoms with Crippen LogP contribution in [0.15, 0.2) is 59.5 Å². The summed E-state index contributed by atoms with van der Waals surface area (Å²) in [7, 11) is 3.26. The lowest BCUT2D eigenvalue weighted by Crippen LogP contribution is -2.34. The Morgan fingerprint density at radius 2 is 1.87 bits per heavy atom. The molecule has 2 heterocycles. The number of rotatable bonds is 7. The largest absolute Gasteiger partial charge is 0.496 e. The van der Waals surface area contributed by atoms with Crippen LogP contribution in [0, 0.1) is 0 Å². The number of aryl methyl sites for hydroxylation is 1. The van der Waals surface area contributed by atoms with Crippen LogP contribution in [0.4, 0.5) is 0 Å². The molecule has 2 aromatic heterocycles. The second kappa shape index (κ2) is 8.63. The van der Waals surface area contributed by atoms with E-state index in [0.29, 0.717) is 24.9 Å². The summed E-state index contributed by atoms with van der Waals surface area (Å²) in [5.74, 6) is 0.695. The quantitative estimate of drug-likeness (QED) is 0.500. The number of hydrogen-bond acceptors (Lipinski definition) is 4. The van der Waals surface area contributed by atoms with Gasteiger partial charge in [0.25, 0.3) is 5.56 Å². The molecule has 0 saturated heterocycles. The Kier molecular flexibility index (Phi) is 5.75. The van der Waals surface area contributed by atoms with Gasteiger partial charge in [-0.15, -0.1) is 0 Å². The molecule has 0 aliphatic heterocycles. The summed E-state index contributed by atoms with van der Waals surface area (Å²) in [5, 5.41) is 8.91. The van der Waals surface area contributed by atoms with Gasteiger partial charge < -0.3 is 14.6 Å². The highest BCUT2D eigenvalue weighted by molar-refractivity contribution is 6.08. The number of methoxy groups -OCH3 is 1. The lowest BCUT2D eigenvalue weighted by Gasteiger charge is -2.19. The number of fused-ring (bicyclic) bond motifs is 3. The van der Waals surface area contributed by atoms with E-state index in [1.807, 2.05) is 60.0 Å². The maximum Gasteiger partial charge on any atom is 0.291 e. The summed E-state index contributed by atoms with van der Waals surface area (Å²) >= 11 is 0. The van der Waals surface area contributed by atoms with E-state index in [4.69, 9.17) is 4.74 Å². The molecule has 160 valence electrons. The van der Waals surface area contributed by atoms with Gasteiger partial charge in [-0.2, -0.15) is 5.10 Å². The lowest BCUT2D eigenvalue weighted by molar-refractivity contribution is -0.124. The first kappa shape index (κ1) is 20.7. The van der Waals surface area contributed by atoms with E-state index in [-0.39, 0.29) is 11.5 Å². The van der Waals surface area contributed by atoms with Crippen molar-refractivity contribution in [1.29, 1.82) is 0 Å². The normalized spacial score (nSPS) is 12.2. The molecule has 1 atom stereocenters. The van der Waals surface area contributed by atoms with Crippen molar-refractivity contribution in [3.63, 3.8) is 0 Å². The summed E-state index contributed by atoms with van der Waals surface area (Å²) < 4.78 is 8.57. The molecular weight excluding hydrogens is 392 g/mol. The minimum Gasteiger partial charge on any atom is -0.496 e. The summed E-state index contributed by atoms with van der Waals surface area (Å²) in [5.41, 5.74) is 2.18. The smallest absolute Gasteiger partial charge is 0.291 e. The SMILES string of the molecule is CCC(C(=O)NCCc1ccccc1OC)n1c2ccccc2c2cnn(C)c(=O)c21. The number of ether oxygens (including phenoxy) is 1. The fourth-order valence-corrected chi connectivity index (χ4v) is 4.14. The van der Waals surface area contributed by atoms with Crippen molar-refractivity contribution in [1.82, 2.24) is 19.7 Å². The van der Waals surface area contributed by atoms with E-state index >= 15 is 0 Å². The minimum atomic E-state index is -0.504. The molecule has 7 heteroatoms. The molecule has 31 heavy (non-hydrogen) atoms. The fourth-order valence-electron chi connectivity index (χ4n) is 4.14. The zero-order valence-electron chi connectivity index (χ0n) is 18.0. The standard InChI is InChI=1S/C24H26N4O3/c1-4-19(23(29)25-14-13-16-9-5-8-12-21(16)31-3)28-20-11-7-6-10-17(20)18-15-26-27(2)24(30)22(18)28/h5-12,15,19H,4,13-14H2,1-3H3,(H,25,29). The highest BCUT2D eigenvalue weighted by Gasteiger charge is 2.25. The molecule has 0 aliphatic carbocycles. The molecule has 4 aromatic rings. The molecule has 0 radical (unpaired) electrons. The topological polar surface area (TPSA) is 78.2 Å². The maximum atomic E-state index is 13.2. The molecular formula is C24H26N4O3. The monoisotopic (exact) mass is 418 g/mol. The highest BCUT2D eigenvalue weighted by atomic mass is 16.5. The number of carbonyl (C=O) groups is 1. The van der Waals surface area contributed by atoms with Crippen molar-refractivity contribution in [2.75, 3.05) is 13.7 Å². The number of nitrogens with one attached hydrogen (secondary N) is 1. The number of nitrogens with zero attached hydrogens (tertiary/aromatic N) is 3. The Bertz CT molecular complexity index is 1310. The van der Waals surface area contributed by atoms with E-state index < -0.39 is 6.04 Å². The van der Waals surface area contributed by atoms with E-state index in [1.165, 1.54) is 4.68 Å². The van der Waals surface area contributed by atoms with Crippen LogP contribution in [0.1, 0.15) is 24.9 Å². The first-order chi connectivity index (χ1) is 15.1. The zero-order valence-corrected chi connectivity index (χ0v) is 18.0. The maximum absolute atomic E-state index is 13.2. The number of para-hydroxylation sites is 2.